The van der Waals surface area contributed by atoms with Gasteiger partial charge in [-0.1, -0.05) is 90.1 Å². The van der Waals surface area contributed by atoms with Gasteiger partial charge >= 0.3 is 0 Å². The molecule has 0 radical (unpaired) electrons. The normalized spacial score (nSPS) is 11.5. The fraction of sp³-hybridized carbons (Fsp3) is 0.258. The number of aromatic nitrogens is 2. The van der Waals surface area contributed by atoms with Crippen molar-refractivity contribution < 1.29 is 14.3 Å². The molecule has 40 heavy (non-hydrogen) atoms. The van der Waals surface area contributed by atoms with Gasteiger partial charge in [-0.25, -0.2) is 9.97 Å². The monoisotopic (exact) mass is 576 g/mol. The smallest absolute Gasteiger partial charge is 0.230 e. The van der Waals surface area contributed by atoms with Crippen molar-refractivity contribution in [3.8, 4) is 11.5 Å². The number of anilines is 1. The molecule has 1 amide bonds. The molecule has 1 heterocycles. The van der Waals surface area contributed by atoms with Crippen molar-refractivity contribution in [2.45, 2.75) is 24.0 Å². The van der Waals surface area contributed by atoms with Crippen LogP contribution in [-0.2, 0) is 17.6 Å². The van der Waals surface area contributed by atoms with Gasteiger partial charge in [0, 0.05) is 19.7 Å². The van der Waals surface area contributed by atoms with Crippen LogP contribution in [0.3, 0.4) is 0 Å². The number of nitrogens with zero attached hydrogens (tertiary/aromatic N) is 3. The molecule has 0 saturated heterocycles. The minimum atomic E-state index is -0.143. The van der Waals surface area contributed by atoms with Crippen molar-refractivity contribution in [2.75, 3.05) is 38.5 Å². The fourth-order valence-corrected chi connectivity index (χ4v) is 5.14. The number of halogens is 1. The third-order valence-electron chi connectivity index (χ3n) is 6.39. The second-order valence-electron chi connectivity index (χ2n) is 9.20. The highest BCUT2D eigenvalue weighted by Crippen LogP contribution is 2.28. The summed E-state index contributed by atoms with van der Waals surface area (Å²) >= 11 is 7.60. The molecular weight excluding hydrogens is 544 g/mol. The molecule has 208 valence electrons. The number of ether oxygens (including phenoxy) is 2. The SMILES string of the molecule is COc1ccc(CCN(C)c2cc(Cl)nc(SCC(=O)NC(Cc3ccccc3)c3ccccc3)n2)cc1OC. The molecule has 1 unspecified atom stereocenters. The van der Waals surface area contributed by atoms with Crippen molar-refractivity contribution >= 4 is 35.1 Å². The van der Waals surface area contributed by atoms with E-state index in [0.29, 0.717) is 40.6 Å². The van der Waals surface area contributed by atoms with Crippen molar-refractivity contribution in [1.82, 2.24) is 15.3 Å². The van der Waals surface area contributed by atoms with E-state index in [1.165, 1.54) is 11.8 Å². The zero-order chi connectivity index (χ0) is 28.3. The van der Waals surface area contributed by atoms with Crippen LogP contribution in [0.2, 0.25) is 5.15 Å². The van der Waals surface area contributed by atoms with E-state index in [0.717, 1.165) is 23.1 Å². The quantitative estimate of drug-likeness (QED) is 0.118. The Balaban J connectivity index is 1.37. The number of hydrogen-bond acceptors (Lipinski definition) is 7. The van der Waals surface area contributed by atoms with E-state index >= 15 is 0 Å². The van der Waals surface area contributed by atoms with Gasteiger partial charge in [0.05, 0.1) is 26.0 Å². The lowest BCUT2D eigenvalue weighted by Gasteiger charge is -2.20. The molecule has 1 aromatic heterocycles. The molecular formula is C31H33ClN4O3S. The van der Waals surface area contributed by atoms with Gasteiger partial charge in [0.25, 0.3) is 0 Å². The minimum absolute atomic E-state index is 0.0956. The third kappa shape index (κ3) is 8.37. The van der Waals surface area contributed by atoms with Crippen LogP contribution in [0.4, 0.5) is 5.82 Å². The summed E-state index contributed by atoms with van der Waals surface area (Å²) < 4.78 is 10.7. The molecule has 4 aromatic rings. The van der Waals surface area contributed by atoms with E-state index in [1.807, 2.05) is 78.7 Å². The average Bonchev–Trinajstić information content (AvgIpc) is 2.99. The summed E-state index contributed by atoms with van der Waals surface area (Å²) in [5.41, 5.74) is 3.32. The maximum atomic E-state index is 13.0. The Morgan fingerprint density at radius 2 is 1.62 bits per heavy atom. The van der Waals surface area contributed by atoms with E-state index in [4.69, 9.17) is 21.1 Å². The number of nitrogens with one attached hydrogen (secondary N) is 1. The Morgan fingerprint density at radius 1 is 0.925 bits per heavy atom. The lowest BCUT2D eigenvalue weighted by molar-refractivity contribution is -0.119. The van der Waals surface area contributed by atoms with Crippen molar-refractivity contribution in [2.24, 2.45) is 0 Å². The third-order valence-corrected chi connectivity index (χ3v) is 7.43. The standard InChI is InChI=1S/C31H33ClN4O3S/c1-36(17-16-23-14-15-26(38-2)27(19-23)39-3)29-20-28(32)34-31(35-29)40-21-30(37)33-25(24-12-8-5-9-13-24)18-22-10-6-4-7-11-22/h4-15,19-20,25H,16-18,21H2,1-3H3,(H,33,37). The van der Waals surface area contributed by atoms with Gasteiger partial charge in [0.1, 0.15) is 11.0 Å². The van der Waals surface area contributed by atoms with Gasteiger partial charge in [0.2, 0.25) is 5.91 Å². The zero-order valence-electron chi connectivity index (χ0n) is 22.8. The summed E-state index contributed by atoms with van der Waals surface area (Å²) in [6, 6.07) is 27.6. The lowest BCUT2D eigenvalue weighted by atomic mass is 9.99. The first kappa shape index (κ1) is 29.2. The minimum Gasteiger partial charge on any atom is -0.493 e. The van der Waals surface area contributed by atoms with Gasteiger partial charge in [-0.3, -0.25) is 4.79 Å². The number of thioether (sulfide) groups is 1. The summed E-state index contributed by atoms with van der Waals surface area (Å²) in [6.07, 6.45) is 1.47. The number of benzene rings is 3. The van der Waals surface area contributed by atoms with E-state index in [1.54, 1.807) is 20.3 Å². The number of rotatable bonds is 13. The van der Waals surface area contributed by atoms with Crippen molar-refractivity contribution in [3.05, 3.63) is 107 Å². The number of hydrogen-bond donors (Lipinski definition) is 1. The number of amides is 1. The Hall–Kier alpha value is -3.75. The van der Waals surface area contributed by atoms with Gasteiger partial charge in [-0.2, -0.15) is 0 Å². The Bertz CT molecular complexity index is 1390. The highest BCUT2D eigenvalue weighted by atomic mass is 35.5. The molecule has 1 atom stereocenters. The molecule has 7 nitrogen and oxygen atoms in total. The molecule has 9 heteroatoms. The number of carbonyl (C=O) groups excluding carboxylic acids is 1. The van der Waals surface area contributed by atoms with Crippen LogP contribution >= 0.6 is 23.4 Å². The predicted molar refractivity (Wildman–Crippen MR) is 162 cm³/mol. The molecule has 0 saturated carbocycles. The van der Waals surface area contributed by atoms with Crippen molar-refractivity contribution in [1.29, 1.82) is 0 Å². The summed E-state index contributed by atoms with van der Waals surface area (Å²) in [6.45, 7) is 0.700. The Kier molecular flexibility index (Phi) is 10.7. The maximum Gasteiger partial charge on any atom is 0.230 e. The molecule has 0 aliphatic rings. The second kappa shape index (κ2) is 14.6. The summed E-state index contributed by atoms with van der Waals surface area (Å²) in [7, 11) is 5.20. The van der Waals surface area contributed by atoms with E-state index in [9.17, 15) is 4.79 Å². The molecule has 3 aromatic carbocycles. The van der Waals surface area contributed by atoms with Gasteiger partial charge in [0.15, 0.2) is 16.7 Å². The fourth-order valence-electron chi connectivity index (χ4n) is 4.25. The molecule has 0 fully saturated rings. The lowest BCUT2D eigenvalue weighted by Crippen LogP contribution is -2.31. The molecule has 1 N–H and O–H groups in total. The van der Waals surface area contributed by atoms with E-state index in [-0.39, 0.29) is 17.7 Å². The van der Waals surface area contributed by atoms with Crippen LogP contribution in [0.1, 0.15) is 22.7 Å². The van der Waals surface area contributed by atoms with Crippen LogP contribution in [0.25, 0.3) is 0 Å². The predicted octanol–water partition coefficient (Wildman–Crippen LogP) is 6.02. The number of methoxy groups -OCH3 is 2. The van der Waals surface area contributed by atoms with Crippen LogP contribution in [0.5, 0.6) is 11.5 Å². The van der Waals surface area contributed by atoms with Gasteiger partial charge in [-0.15, -0.1) is 0 Å². The number of likely N-dealkylation sites (N-methyl/N-ethyl adjacent to an activating group) is 1. The van der Waals surface area contributed by atoms with Crippen molar-refractivity contribution in [3.63, 3.8) is 0 Å². The summed E-state index contributed by atoms with van der Waals surface area (Å²) in [5, 5.41) is 3.97. The first-order valence-electron chi connectivity index (χ1n) is 12.9. The van der Waals surface area contributed by atoms with Crippen LogP contribution in [0.15, 0.2) is 90.1 Å². The summed E-state index contributed by atoms with van der Waals surface area (Å²) in [5.74, 6) is 2.16. The topological polar surface area (TPSA) is 76.6 Å². The molecule has 0 aliphatic heterocycles. The molecule has 0 aliphatic carbocycles. The first-order valence-corrected chi connectivity index (χ1v) is 14.3. The van der Waals surface area contributed by atoms with E-state index in [2.05, 4.69) is 27.4 Å². The molecule has 0 bridgehead atoms. The maximum absolute atomic E-state index is 13.0. The van der Waals surface area contributed by atoms with E-state index < -0.39 is 0 Å². The Morgan fingerprint density at radius 3 is 2.33 bits per heavy atom. The largest absolute Gasteiger partial charge is 0.493 e. The van der Waals surface area contributed by atoms with Gasteiger partial charge in [-0.05, 0) is 41.7 Å². The Labute approximate surface area is 244 Å². The molecule has 4 rings (SSSR count). The van der Waals surface area contributed by atoms with Crippen LogP contribution in [-0.4, -0.2) is 49.4 Å². The second-order valence-corrected chi connectivity index (χ2v) is 10.5. The zero-order valence-corrected chi connectivity index (χ0v) is 24.4. The highest BCUT2D eigenvalue weighted by Gasteiger charge is 2.17. The van der Waals surface area contributed by atoms with Crippen LogP contribution in [0, 0.1) is 0 Å². The van der Waals surface area contributed by atoms with Gasteiger partial charge < -0.3 is 19.7 Å². The van der Waals surface area contributed by atoms with Crippen LogP contribution < -0.4 is 19.7 Å². The first-order chi connectivity index (χ1) is 19.4. The highest BCUT2D eigenvalue weighted by molar-refractivity contribution is 7.99. The number of carbonyl (C=O) groups is 1. The average molecular weight is 577 g/mol. The summed E-state index contributed by atoms with van der Waals surface area (Å²) in [4.78, 5) is 24.0. The molecule has 0 spiro atoms.